The van der Waals surface area contributed by atoms with Gasteiger partial charge in [0.15, 0.2) is 0 Å². The molecule has 0 heterocycles. The summed E-state index contributed by atoms with van der Waals surface area (Å²) in [6.07, 6.45) is 4.50. The Balaban J connectivity index is 2.27. The van der Waals surface area contributed by atoms with Crippen LogP contribution >= 0.6 is 0 Å². The van der Waals surface area contributed by atoms with E-state index in [1.807, 2.05) is 49.4 Å². The van der Waals surface area contributed by atoms with Gasteiger partial charge in [-0.2, -0.15) is 0 Å². The van der Waals surface area contributed by atoms with E-state index >= 15 is 0 Å². The highest BCUT2D eigenvalue weighted by molar-refractivity contribution is 7.89. The molecule has 0 fully saturated rings. The van der Waals surface area contributed by atoms with Crippen molar-refractivity contribution in [3.8, 4) is 0 Å². The first-order valence-corrected chi connectivity index (χ1v) is 8.35. The summed E-state index contributed by atoms with van der Waals surface area (Å²) in [7, 11) is -3.52. The molecule has 1 unspecified atom stereocenters. The Labute approximate surface area is 126 Å². The lowest BCUT2D eigenvalue weighted by Crippen LogP contribution is -2.28. The fourth-order valence-electron chi connectivity index (χ4n) is 2.06. The van der Waals surface area contributed by atoms with E-state index in [2.05, 4.69) is 4.72 Å². The van der Waals surface area contributed by atoms with Gasteiger partial charge in [-0.1, -0.05) is 60.7 Å². The van der Waals surface area contributed by atoms with Crippen LogP contribution in [0, 0.1) is 0 Å². The maximum Gasteiger partial charge on any atom is 0.241 e. The average molecular weight is 301 g/mol. The van der Waals surface area contributed by atoms with E-state index in [1.165, 1.54) is 0 Å². The van der Waals surface area contributed by atoms with Crippen molar-refractivity contribution in [3.05, 3.63) is 78.4 Å². The van der Waals surface area contributed by atoms with Crippen molar-refractivity contribution in [2.24, 2.45) is 0 Å². The largest absolute Gasteiger partial charge is 0.241 e. The van der Waals surface area contributed by atoms with Gasteiger partial charge in [-0.3, -0.25) is 0 Å². The van der Waals surface area contributed by atoms with Crippen LogP contribution in [0.1, 0.15) is 24.9 Å². The van der Waals surface area contributed by atoms with E-state index in [4.69, 9.17) is 0 Å². The number of benzene rings is 2. The summed E-state index contributed by atoms with van der Waals surface area (Å²) in [5, 5.41) is 0. The van der Waals surface area contributed by atoms with E-state index < -0.39 is 10.0 Å². The maximum absolute atomic E-state index is 12.4. The van der Waals surface area contributed by atoms with Gasteiger partial charge in [0, 0.05) is 0 Å². The predicted octanol–water partition coefficient (Wildman–Crippen LogP) is 3.67. The summed E-state index contributed by atoms with van der Waals surface area (Å²) >= 11 is 0. The Hall–Kier alpha value is -1.91. The number of hydrogen-bond donors (Lipinski definition) is 1. The molecule has 0 aromatic heterocycles. The highest BCUT2D eigenvalue weighted by atomic mass is 32.2. The van der Waals surface area contributed by atoms with Crippen LogP contribution in [0.2, 0.25) is 0 Å². The quantitative estimate of drug-likeness (QED) is 0.827. The molecule has 2 rings (SSSR count). The first-order chi connectivity index (χ1) is 10.1. The molecule has 3 nitrogen and oxygen atoms in total. The first-order valence-electron chi connectivity index (χ1n) is 6.87. The van der Waals surface area contributed by atoms with E-state index in [0.717, 1.165) is 5.56 Å². The molecule has 0 radical (unpaired) electrons. The van der Waals surface area contributed by atoms with Crippen molar-refractivity contribution in [1.82, 2.24) is 4.72 Å². The highest BCUT2D eigenvalue weighted by Crippen LogP contribution is 2.20. The minimum absolute atomic E-state index is 0.271. The zero-order chi connectivity index (χ0) is 15.1. The van der Waals surface area contributed by atoms with Gasteiger partial charge in [0.1, 0.15) is 0 Å². The van der Waals surface area contributed by atoms with Gasteiger partial charge < -0.3 is 0 Å². The predicted molar refractivity (Wildman–Crippen MR) is 85.4 cm³/mol. The van der Waals surface area contributed by atoms with Crippen LogP contribution < -0.4 is 4.72 Å². The van der Waals surface area contributed by atoms with Crippen LogP contribution in [-0.4, -0.2) is 8.42 Å². The summed E-state index contributed by atoms with van der Waals surface area (Å²) < 4.78 is 27.7. The van der Waals surface area contributed by atoms with Gasteiger partial charge in [0.25, 0.3) is 0 Å². The van der Waals surface area contributed by atoms with Gasteiger partial charge in [0.05, 0.1) is 10.9 Å². The smallest absolute Gasteiger partial charge is 0.207 e. The molecule has 0 saturated heterocycles. The summed E-state index contributed by atoms with van der Waals surface area (Å²) in [6.45, 7) is 1.92. The summed E-state index contributed by atoms with van der Waals surface area (Å²) in [5.74, 6) is 0. The minimum Gasteiger partial charge on any atom is -0.207 e. The molecular formula is C17H19NO2S. The summed E-state index contributed by atoms with van der Waals surface area (Å²) in [4.78, 5) is 0.284. The third kappa shape index (κ3) is 4.28. The van der Waals surface area contributed by atoms with Crippen LogP contribution in [-0.2, 0) is 10.0 Å². The van der Waals surface area contributed by atoms with Crippen LogP contribution in [0.3, 0.4) is 0 Å². The van der Waals surface area contributed by atoms with Crippen molar-refractivity contribution >= 4 is 10.0 Å². The van der Waals surface area contributed by atoms with Gasteiger partial charge in [-0.15, -0.1) is 0 Å². The van der Waals surface area contributed by atoms with Crippen LogP contribution in [0.25, 0.3) is 0 Å². The maximum atomic E-state index is 12.4. The molecule has 0 amide bonds. The van der Waals surface area contributed by atoms with E-state index in [1.54, 1.807) is 30.3 Å². The molecule has 110 valence electrons. The molecule has 4 heteroatoms. The molecular weight excluding hydrogens is 282 g/mol. The molecule has 0 saturated carbocycles. The monoisotopic (exact) mass is 301 g/mol. The lowest BCUT2D eigenvalue weighted by atomic mass is 10.0. The Morgan fingerprint density at radius 1 is 1.00 bits per heavy atom. The summed E-state index contributed by atoms with van der Waals surface area (Å²) in [6, 6.07) is 17.8. The van der Waals surface area contributed by atoms with E-state index in [9.17, 15) is 8.42 Å². The van der Waals surface area contributed by atoms with Crippen molar-refractivity contribution in [3.63, 3.8) is 0 Å². The SMILES string of the molecule is C/C=C/CC(NS(=O)(=O)c1ccccc1)c1ccccc1. The first kappa shape index (κ1) is 15.5. The Morgan fingerprint density at radius 2 is 1.57 bits per heavy atom. The third-order valence-corrected chi connectivity index (χ3v) is 4.65. The molecule has 0 aliphatic rings. The molecule has 2 aromatic rings. The normalized spacial score (nSPS) is 13.4. The number of allylic oxidation sites excluding steroid dienone is 1. The molecule has 2 aromatic carbocycles. The lowest BCUT2D eigenvalue weighted by Gasteiger charge is -2.18. The zero-order valence-corrected chi connectivity index (χ0v) is 12.8. The van der Waals surface area contributed by atoms with E-state index in [0.29, 0.717) is 6.42 Å². The van der Waals surface area contributed by atoms with Gasteiger partial charge in [-0.25, -0.2) is 13.1 Å². The number of nitrogens with one attached hydrogen (secondary N) is 1. The van der Waals surface area contributed by atoms with Crippen LogP contribution in [0.15, 0.2) is 77.7 Å². The standard InChI is InChI=1S/C17H19NO2S/c1-2-3-14-17(15-10-6-4-7-11-15)18-21(19,20)16-12-8-5-9-13-16/h2-13,17-18H,14H2,1H3/b3-2+. The molecule has 0 spiro atoms. The van der Waals surface area contributed by atoms with Crippen molar-refractivity contribution < 1.29 is 8.42 Å². The van der Waals surface area contributed by atoms with Crippen molar-refractivity contribution in [2.75, 3.05) is 0 Å². The Bertz CT molecular complexity index is 679. The second kappa shape index (κ2) is 7.20. The zero-order valence-electron chi connectivity index (χ0n) is 11.9. The van der Waals surface area contributed by atoms with E-state index in [-0.39, 0.29) is 10.9 Å². The molecule has 0 aliphatic carbocycles. The molecule has 1 N–H and O–H groups in total. The second-order valence-electron chi connectivity index (χ2n) is 4.70. The van der Waals surface area contributed by atoms with Gasteiger partial charge in [-0.05, 0) is 31.0 Å². The van der Waals surface area contributed by atoms with Crippen molar-refractivity contribution in [2.45, 2.75) is 24.3 Å². The van der Waals surface area contributed by atoms with Crippen LogP contribution in [0.4, 0.5) is 0 Å². The fourth-order valence-corrected chi connectivity index (χ4v) is 3.32. The third-order valence-electron chi connectivity index (χ3n) is 3.16. The molecule has 1 atom stereocenters. The van der Waals surface area contributed by atoms with Gasteiger partial charge >= 0.3 is 0 Å². The van der Waals surface area contributed by atoms with Crippen LogP contribution in [0.5, 0.6) is 0 Å². The summed E-state index contributed by atoms with van der Waals surface area (Å²) in [5.41, 5.74) is 0.954. The van der Waals surface area contributed by atoms with Gasteiger partial charge in [0.2, 0.25) is 10.0 Å². The lowest BCUT2D eigenvalue weighted by molar-refractivity contribution is 0.557. The fraction of sp³-hybridized carbons (Fsp3) is 0.176. The number of sulfonamides is 1. The minimum atomic E-state index is -3.52. The molecule has 0 bridgehead atoms. The molecule has 21 heavy (non-hydrogen) atoms. The van der Waals surface area contributed by atoms with Crippen molar-refractivity contribution in [1.29, 1.82) is 0 Å². The highest BCUT2D eigenvalue weighted by Gasteiger charge is 2.20. The average Bonchev–Trinajstić information content (AvgIpc) is 2.53. The second-order valence-corrected chi connectivity index (χ2v) is 6.42. The number of hydrogen-bond acceptors (Lipinski definition) is 2. The Morgan fingerprint density at radius 3 is 2.14 bits per heavy atom. The topological polar surface area (TPSA) is 46.2 Å². The Kier molecular flexibility index (Phi) is 5.31. The number of rotatable bonds is 6. The molecule has 0 aliphatic heterocycles.